The van der Waals surface area contributed by atoms with E-state index in [-0.39, 0.29) is 19.1 Å². The molecule has 0 aromatic heterocycles. The molecule has 194 valence electrons. The van der Waals surface area contributed by atoms with Gasteiger partial charge >= 0.3 is 12.1 Å². The molecule has 4 N–H and O–H groups in total. The average Bonchev–Trinajstić information content (AvgIpc) is 3.14. The third-order valence-corrected chi connectivity index (χ3v) is 6.97. The number of carbonyl (C=O) groups is 6. The first-order valence-corrected chi connectivity index (χ1v) is 11.7. The number of nitrogens with one attached hydrogen (secondary N) is 4. The zero-order valence-corrected chi connectivity index (χ0v) is 20.8. The molecule has 0 aliphatic carbocycles. The number of carbonyl (C=O) groups excluding carboxylic acids is 6. The second-order valence-corrected chi connectivity index (χ2v) is 9.64. The molecule has 3 unspecified atom stereocenters. The molecule has 0 radical (unpaired) electrons. The van der Waals surface area contributed by atoms with Gasteiger partial charge in [0.2, 0.25) is 0 Å². The van der Waals surface area contributed by atoms with Crippen molar-refractivity contribution in [2.45, 2.75) is 64.6 Å². The largest absolute Gasteiger partial charge is 0.344 e. The van der Waals surface area contributed by atoms with Gasteiger partial charge < -0.3 is 10.6 Å². The SMILES string of the molecule is CCC1(C)NC(=O)N(NC(=O)CN2CCN(CC(=O)NN3C(=O)NC(C)(CC)C3=O)C(C)C2)C1=O. The van der Waals surface area contributed by atoms with Crippen molar-refractivity contribution in [2.75, 3.05) is 32.7 Å². The standard InChI is InChI=1S/C21H34N8O6/c1-6-20(4)16(32)28(18(34)22-20)24-14(30)11-26-8-9-27(13(3)10-26)12-15(31)25-29-17(33)21(5,7-2)23-19(29)35/h13H,6-12H2,1-5H3,(H,22,34)(H,23,35)(H,24,30)(H,25,31). The summed E-state index contributed by atoms with van der Waals surface area (Å²) in [6, 6.07) is -1.44. The zero-order valence-electron chi connectivity index (χ0n) is 20.8. The minimum atomic E-state index is -1.04. The van der Waals surface area contributed by atoms with Crippen molar-refractivity contribution >= 4 is 35.7 Å². The normalized spacial score (nSPS) is 29.9. The number of rotatable bonds is 8. The van der Waals surface area contributed by atoms with Gasteiger partial charge in [-0.1, -0.05) is 13.8 Å². The smallest absolute Gasteiger partial charge is 0.322 e. The molecule has 3 rings (SSSR count). The van der Waals surface area contributed by atoms with E-state index in [0.717, 1.165) is 10.0 Å². The summed E-state index contributed by atoms with van der Waals surface area (Å²) in [6.07, 6.45) is 0.788. The van der Waals surface area contributed by atoms with Gasteiger partial charge in [-0.3, -0.25) is 39.8 Å². The molecule has 0 aromatic rings. The molecule has 3 fully saturated rings. The predicted molar refractivity (Wildman–Crippen MR) is 122 cm³/mol. The van der Waals surface area contributed by atoms with Crippen LogP contribution < -0.4 is 21.5 Å². The molecule has 3 heterocycles. The van der Waals surface area contributed by atoms with Crippen LogP contribution in [0.15, 0.2) is 0 Å². The van der Waals surface area contributed by atoms with Gasteiger partial charge in [-0.2, -0.15) is 10.0 Å². The van der Waals surface area contributed by atoms with E-state index in [1.54, 1.807) is 27.7 Å². The number of hydrazine groups is 2. The molecule has 14 nitrogen and oxygen atoms in total. The second-order valence-electron chi connectivity index (χ2n) is 9.64. The lowest BCUT2D eigenvalue weighted by molar-refractivity contribution is -0.140. The van der Waals surface area contributed by atoms with Crippen LogP contribution in [0.3, 0.4) is 0 Å². The number of amides is 8. The molecular formula is C21H34N8O6. The van der Waals surface area contributed by atoms with Crippen LogP contribution in [-0.2, 0) is 19.2 Å². The summed E-state index contributed by atoms with van der Waals surface area (Å²) in [5.74, 6) is -2.01. The van der Waals surface area contributed by atoms with Crippen molar-refractivity contribution in [3.8, 4) is 0 Å². The highest BCUT2D eigenvalue weighted by molar-refractivity contribution is 6.08. The minimum absolute atomic E-state index is 0.0255. The van der Waals surface area contributed by atoms with Crippen LogP contribution in [-0.4, -0.2) is 105 Å². The van der Waals surface area contributed by atoms with Crippen LogP contribution in [0.1, 0.15) is 47.5 Å². The van der Waals surface area contributed by atoms with E-state index in [0.29, 0.717) is 32.5 Å². The minimum Gasteiger partial charge on any atom is -0.322 e. The van der Waals surface area contributed by atoms with Gasteiger partial charge in [0.15, 0.2) is 0 Å². The Morgan fingerprint density at radius 2 is 1.31 bits per heavy atom. The van der Waals surface area contributed by atoms with Gasteiger partial charge in [0.05, 0.1) is 13.1 Å². The topological polar surface area (TPSA) is 164 Å². The Bertz CT molecular complexity index is 943. The Hall–Kier alpha value is -3.26. The van der Waals surface area contributed by atoms with Crippen LogP contribution in [0.25, 0.3) is 0 Å². The van der Waals surface area contributed by atoms with Gasteiger partial charge in [-0.15, -0.1) is 0 Å². The van der Waals surface area contributed by atoms with Crippen molar-refractivity contribution in [3.05, 3.63) is 0 Å². The van der Waals surface area contributed by atoms with Crippen molar-refractivity contribution in [3.63, 3.8) is 0 Å². The first-order valence-electron chi connectivity index (χ1n) is 11.7. The molecular weight excluding hydrogens is 460 g/mol. The first-order chi connectivity index (χ1) is 16.3. The number of imide groups is 2. The number of urea groups is 2. The van der Waals surface area contributed by atoms with Crippen molar-refractivity contribution < 1.29 is 28.8 Å². The number of hydrogen-bond acceptors (Lipinski definition) is 8. The van der Waals surface area contributed by atoms with Crippen LogP contribution in [0.2, 0.25) is 0 Å². The fourth-order valence-corrected chi connectivity index (χ4v) is 4.21. The average molecular weight is 495 g/mol. The Morgan fingerprint density at radius 1 is 0.857 bits per heavy atom. The van der Waals surface area contributed by atoms with Crippen molar-refractivity contribution in [2.24, 2.45) is 0 Å². The molecule has 3 aliphatic heterocycles. The Balaban J connectivity index is 1.47. The molecule has 3 aliphatic rings. The third kappa shape index (κ3) is 5.22. The summed E-state index contributed by atoms with van der Waals surface area (Å²) in [5.41, 5.74) is 2.67. The van der Waals surface area contributed by atoms with Crippen LogP contribution in [0, 0.1) is 0 Å². The lowest BCUT2D eigenvalue weighted by Crippen LogP contribution is -2.58. The van der Waals surface area contributed by atoms with Gasteiger partial charge in [-0.25, -0.2) is 9.59 Å². The summed E-state index contributed by atoms with van der Waals surface area (Å²) in [4.78, 5) is 77.8. The zero-order chi connectivity index (χ0) is 26.1. The first kappa shape index (κ1) is 26.3. The van der Waals surface area contributed by atoms with E-state index in [4.69, 9.17) is 0 Å². The molecule has 0 spiro atoms. The molecule has 0 aromatic carbocycles. The monoisotopic (exact) mass is 494 g/mol. The van der Waals surface area contributed by atoms with Crippen LogP contribution in [0.5, 0.6) is 0 Å². The lowest BCUT2D eigenvalue weighted by atomic mass is 10.00. The summed E-state index contributed by atoms with van der Waals surface area (Å²) < 4.78 is 0. The summed E-state index contributed by atoms with van der Waals surface area (Å²) in [7, 11) is 0. The highest BCUT2D eigenvalue weighted by Gasteiger charge is 2.48. The molecule has 14 heteroatoms. The maximum absolute atomic E-state index is 12.5. The number of hydrogen-bond donors (Lipinski definition) is 4. The highest BCUT2D eigenvalue weighted by atomic mass is 16.2. The van der Waals surface area contributed by atoms with Crippen molar-refractivity contribution in [1.29, 1.82) is 0 Å². The van der Waals surface area contributed by atoms with E-state index < -0.39 is 46.8 Å². The van der Waals surface area contributed by atoms with E-state index >= 15 is 0 Å². The van der Waals surface area contributed by atoms with E-state index in [9.17, 15) is 28.8 Å². The summed E-state index contributed by atoms with van der Waals surface area (Å²) in [5, 5.41) is 6.59. The number of piperazine rings is 1. The molecule has 8 amide bonds. The molecule has 0 bridgehead atoms. The highest BCUT2D eigenvalue weighted by Crippen LogP contribution is 2.20. The summed E-state index contributed by atoms with van der Waals surface area (Å²) in [6.45, 7) is 9.97. The maximum Gasteiger partial charge on any atom is 0.344 e. The van der Waals surface area contributed by atoms with Crippen molar-refractivity contribution in [1.82, 2.24) is 41.3 Å². The van der Waals surface area contributed by atoms with E-state index in [1.807, 2.05) is 16.7 Å². The predicted octanol–water partition coefficient (Wildman–Crippen LogP) is -1.50. The molecule has 3 atom stereocenters. The van der Waals surface area contributed by atoms with Crippen LogP contribution >= 0.6 is 0 Å². The quantitative estimate of drug-likeness (QED) is 0.296. The van der Waals surface area contributed by atoms with E-state index in [2.05, 4.69) is 21.5 Å². The van der Waals surface area contributed by atoms with Gasteiger partial charge in [-0.05, 0) is 33.6 Å². The lowest BCUT2D eigenvalue weighted by Gasteiger charge is -2.39. The fraction of sp³-hybridized carbons (Fsp3) is 0.714. The Kier molecular flexibility index (Phi) is 7.36. The third-order valence-electron chi connectivity index (χ3n) is 6.97. The van der Waals surface area contributed by atoms with E-state index in [1.165, 1.54) is 0 Å². The summed E-state index contributed by atoms with van der Waals surface area (Å²) >= 11 is 0. The fourth-order valence-electron chi connectivity index (χ4n) is 4.21. The Labute approximate surface area is 203 Å². The van der Waals surface area contributed by atoms with Gasteiger partial charge in [0.1, 0.15) is 11.1 Å². The van der Waals surface area contributed by atoms with Crippen LogP contribution in [0.4, 0.5) is 9.59 Å². The van der Waals surface area contributed by atoms with Gasteiger partial charge in [0, 0.05) is 25.7 Å². The van der Waals surface area contributed by atoms with Gasteiger partial charge in [0.25, 0.3) is 23.6 Å². The second kappa shape index (κ2) is 9.77. The maximum atomic E-state index is 12.5. The molecule has 0 saturated carbocycles. The Morgan fingerprint density at radius 3 is 1.71 bits per heavy atom. The molecule has 3 saturated heterocycles. The molecule has 35 heavy (non-hydrogen) atoms. The number of nitrogens with zero attached hydrogens (tertiary/aromatic N) is 4.